The first-order valence-corrected chi connectivity index (χ1v) is 6.41. The number of hydrazine groups is 1. The molecule has 18 heavy (non-hydrogen) atoms. The third kappa shape index (κ3) is 6.56. The lowest BCUT2D eigenvalue weighted by molar-refractivity contribution is -0.362. The van der Waals surface area contributed by atoms with Crippen LogP contribution in [-0.2, 0) is 19.3 Å². The Hall–Kier alpha value is -1.14. The van der Waals surface area contributed by atoms with Crippen LogP contribution in [0.15, 0.2) is 0 Å². The van der Waals surface area contributed by atoms with E-state index in [1.165, 1.54) is 13.8 Å². The van der Waals surface area contributed by atoms with Crippen LogP contribution in [-0.4, -0.2) is 35.4 Å². The van der Waals surface area contributed by atoms with E-state index >= 15 is 0 Å². The van der Waals surface area contributed by atoms with Gasteiger partial charge in [0.15, 0.2) is 0 Å². The van der Waals surface area contributed by atoms with Crippen molar-refractivity contribution in [3.8, 4) is 0 Å². The predicted molar refractivity (Wildman–Crippen MR) is 66.8 cm³/mol. The molecule has 0 aromatic heterocycles. The van der Waals surface area contributed by atoms with Gasteiger partial charge in [-0.1, -0.05) is 37.0 Å². The Kier molecular flexibility index (Phi) is 9.22. The van der Waals surface area contributed by atoms with Crippen LogP contribution in [0.25, 0.3) is 0 Å². The molecule has 0 atom stereocenters. The van der Waals surface area contributed by atoms with Gasteiger partial charge in [0.2, 0.25) is 0 Å². The Morgan fingerprint density at radius 3 is 1.39 bits per heavy atom. The van der Waals surface area contributed by atoms with Crippen LogP contribution >= 0.6 is 0 Å². The van der Waals surface area contributed by atoms with Crippen molar-refractivity contribution >= 4 is 11.8 Å². The van der Waals surface area contributed by atoms with Crippen LogP contribution < -0.4 is 0 Å². The van der Waals surface area contributed by atoms with Gasteiger partial charge < -0.3 is 0 Å². The van der Waals surface area contributed by atoms with Gasteiger partial charge in [0.05, 0.1) is 13.2 Å². The largest absolute Gasteiger partial charge is 0.271 e. The number of hydrogen-bond acceptors (Lipinski definition) is 4. The fourth-order valence-electron chi connectivity index (χ4n) is 1.13. The van der Waals surface area contributed by atoms with E-state index in [4.69, 9.17) is 9.68 Å². The van der Waals surface area contributed by atoms with Crippen molar-refractivity contribution in [1.82, 2.24) is 10.3 Å². The quantitative estimate of drug-likeness (QED) is 0.495. The molecule has 0 aromatic rings. The van der Waals surface area contributed by atoms with E-state index in [0.717, 1.165) is 36.0 Å². The maximum Gasteiger partial charge on any atom is 0.266 e. The summed E-state index contributed by atoms with van der Waals surface area (Å²) in [6.45, 7) is 7.42. The highest BCUT2D eigenvalue weighted by molar-refractivity contribution is 5.77. The van der Waals surface area contributed by atoms with Crippen molar-refractivity contribution in [2.45, 2.75) is 53.4 Å². The highest BCUT2D eigenvalue weighted by Gasteiger charge is 2.23. The molecular formula is C12H24N2O4. The first-order valence-electron chi connectivity index (χ1n) is 6.41. The first-order chi connectivity index (χ1) is 8.54. The van der Waals surface area contributed by atoms with E-state index in [1.807, 2.05) is 13.8 Å². The van der Waals surface area contributed by atoms with Crippen LogP contribution in [0, 0.1) is 0 Å². The standard InChI is InChI=1S/C12H24N2O4/c1-5-7-9-17-13(11(3)15)14(12(4)16)18-10-8-6-2/h5-10H2,1-4H3. The predicted octanol–water partition coefficient (Wildman–Crippen LogP) is 2.06. The minimum Gasteiger partial charge on any atom is -0.271 e. The van der Waals surface area contributed by atoms with E-state index in [1.54, 1.807) is 0 Å². The number of carbonyl (C=O) groups is 2. The molecule has 6 heteroatoms. The van der Waals surface area contributed by atoms with Gasteiger partial charge in [0.1, 0.15) is 0 Å². The molecule has 0 N–H and O–H groups in total. The molecular weight excluding hydrogens is 236 g/mol. The van der Waals surface area contributed by atoms with E-state index in [9.17, 15) is 9.59 Å². The molecule has 0 fully saturated rings. The smallest absolute Gasteiger partial charge is 0.266 e. The Morgan fingerprint density at radius 2 is 1.17 bits per heavy atom. The van der Waals surface area contributed by atoms with Crippen LogP contribution in [0.1, 0.15) is 53.4 Å². The van der Waals surface area contributed by atoms with E-state index < -0.39 is 11.8 Å². The van der Waals surface area contributed by atoms with Gasteiger partial charge >= 0.3 is 0 Å². The minimum absolute atomic E-state index is 0.372. The molecule has 0 rings (SSSR count). The topological polar surface area (TPSA) is 59.1 Å². The molecule has 0 spiro atoms. The van der Waals surface area contributed by atoms with Gasteiger partial charge in [-0.3, -0.25) is 9.59 Å². The summed E-state index contributed by atoms with van der Waals surface area (Å²) >= 11 is 0. The fraction of sp³-hybridized carbons (Fsp3) is 0.833. The third-order valence-corrected chi connectivity index (χ3v) is 2.13. The summed E-state index contributed by atoms with van der Waals surface area (Å²) in [5.74, 6) is -0.782. The van der Waals surface area contributed by atoms with Crippen molar-refractivity contribution < 1.29 is 19.3 Å². The van der Waals surface area contributed by atoms with Gasteiger partial charge in [-0.2, -0.15) is 0 Å². The zero-order chi connectivity index (χ0) is 14.0. The number of rotatable bonds is 8. The van der Waals surface area contributed by atoms with Crippen molar-refractivity contribution in [3.05, 3.63) is 0 Å². The Bertz CT molecular complexity index is 232. The fourth-order valence-corrected chi connectivity index (χ4v) is 1.13. The Labute approximate surface area is 109 Å². The molecule has 2 amide bonds. The van der Waals surface area contributed by atoms with Crippen molar-refractivity contribution in [1.29, 1.82) is 0 Å². The molecule has 6 nitrogen and oxygen atoms in total. The van der Waals surface area contributed by atoms with E-state index in [0.29, 0.717) is 13.2 Å². The molecule has 0 heterocycles. The number of hydroxylamine groups is 2. The zero-order valence-corrected chi connectivity index (χ0v) is 11.8. The lowest BCUT2D eigenvalue weighted by atomic mass is 10.4. The summed E-state index contributed by atoms with van der Waals surface area (Å²) < 4.78 is 0. The summed E-state index contributed by atoms with van der Waals surface area (Å²) in [4.78, 5) is 33.4. The van der Waals surface area contributed by atoms with Crippen molar-refractivity contribution in [3.63, 3.8) is 0 Å². The van der Waals surface area contributed by atoms with Gasteiger partial charge in [0, 0.05) is 13.8 Å². The maximum absolute atomic E-state index is 11.4. The molecule has 0 saturated heterocycles. The van der Waals surface area contributed by atoms with Gasteiger partial charge in [0.25, 0.3) is 11.8 Å². The maximum atomic E-state index is 11.4. The summed E-state index contributed by atoms with van der Waals surface area (Å²) in [7, 11) is 0. The van der Waals surface area contributed by atoms with E-state index in [2.05, 4.69) is 0 Å². The SMILES string of the molecule is CCCCON(C(C)=O)N(OCCCC)C(C)=O. The first kappa shape index (κ1) is 16.9. The summed E-state index contributed by atoms with van der Waals surface area (Å²) in [6, 6.07) is 0. The normalized spacial score (nSPS) is 10.2. The molecule has 0 bridgehead atoms. The van der Waals surface area contributed by atoms with Crippen LogP contribution in [0.3, 0.4) is 0 Å². The number of hydrogen-bond donors (Lipinski definition) is 0. The Morgan fingerprint density at radius 1 is 0.833 bits per heavy atom. The second-order valence-corrected chi connectivity index (χ2v) is 3.96. The number of unbranched alkanes of at least 4 members (excludes halogenated alkanes) is 2. The molecule has 0 radical (unpaired) electrons. The monoisotopic (exact) mass is 260 g/mol. The summed E-state index contributed by atoms with van der Waals surface area (Å²) in [5, 5.41) is 1.77. The minimum atomic E-state index is -0.391. The Balaban J connectivity index is 4.45. The van der Waals surface area contributed by atoms with Crippen molar-refractivity contribution in [2.24, 2.45) is 0 Å². The van der Waals surface area contributed by atoms with Crippen LogP contribution in [0.5, 0.6) is 0 Å². The van der Waals surface area contributed by atoms with Crippen LogP contribution in [0.2, 0.25) is 0 Å². The molecule has 0 aromatic carbocycles. The van der Waals surface area contributed by atoms with Crippen LogP contribution in [0.4, 0.5) is 0 Å². The number of amides is 2. The summed E-state index contributed by atoms with van der Waals surface area (Å²) in [6.07, 6.45) is 3.51. The molecule has 106 valence electrons. The van der Waals surface area contributed by atoms with Crippen molar-refractivity contribution in [2.75, 3.05) is 13.2 Å². The third-order valence-electron chi connectivity index (χ3n) is 2.13. The average molecular weight is 260 g/mol. The molecule has 0 aliphatic carbocycles. The molecule has 0 unspecified atom stereocenters. The molecule has 0 aliphatic heterocycles. The lowest BCUT2D eigenvalue weighted by Crippen LogP contribution is -2.48. The van der Waals surface area contributed by atoms with Gasteiger partial charge in [-0.05, 0) is 12.8 Å². The number of carbonyl (C=O) groups excluding carboxylic acids is 2. The number of nitrogens with zero attached hydrogens (tertiary/aromatic N) is 2. The average Bonchev–Trinajstić information content (AvgIpc) is 2.31. The highest BCUT2D eigenvalue weighted by atomic mass is 16.8. The van der Waals surface area contributed by atoms with Gasteiger partial charge in [-0.15, -0.1) is 0 Å². The zero-order valence-electron chi connectivity index (χ0n) is 11.8. The lowest BCUT2D eigenvalue weighted by Gasteiger charge is -2.30. The van der Waals surface area contributed by atoms with E-state index in [-0.39, 0.29) is 0 Å². The molecule has 0 saturated carbocycles. The van der Waals surface area contributed by atoms with Gasteiger partial charge in [-0.25, -0.2) is 9.68 Å². The summed E-state index contributed by atoms with van der Waals surface area (Å²) in [5.41, 5.74) is 0. The molecule has 0 aliphatic rings. The second-order valence-electron chi connectivity index (χ2n) is 3.96. The highest BCUT2D eigenvalue weighted by Crippen LogP contribution is 2.05. The second kappa shape index (κ2) is 9.85.